The fraction of sp³-hybridized carbons (Fsp3) is 0.614. The van der Waals surface area contributed by atoms with Crippen LogP contribution in [0.5, 0.6) is 0 Å². The van der Waals surface area contributed by atoms with Gasteiger partial charge in [0.05, 0.1) is 41.0 Å². The second-order valence-electron chi connectivity index (χ2n) is 21.6. The quantitative estimate of drug-likeness (QED) is 0.0424. The average Bonchev–Trinajstić information content (AvgIpc) is 3.85. The summed E-state index contributed by atoms with van der Waals surface area (Å²) < 4.78 is 0. The first-order chi connectivity index (χ1) is 32.8. The maximum absolute atomic E-state index is 11.2. The monoisotopic (exact) mass is 970 g/mol. The topological polar surface area (TPSA) is 210 Å². The van der Waals surface area contributed by atoms with Crippen LogP contribution in [0, 0.1) is 57.2 Å². The third kappa shape index (κ3) is 16.9. The highest BCUT2D eigenvalue weighted by atomic mass is 32.2. The summed E-state index contributed by atoms with van der Waals surface area (Å²) in [5, 5.41) is 53.4. The fourth-order valence-electron chi connectivity index (χ4n) is 13.2. The molecule has 0 aliphatic heterocycles. The number of carbonyl (C=O) groups is 5. The van der Waals surface area contributed by atoms with Crippen molar-refractivity contribution in [2.75, 3.05) is 5.75 Å². The third-order valence-electron chi connectivity index (χ3n) is 15.0. The lowest BCUT2D eigenvalue weighted by Gasteiger charge is -2.65. The summed E-state index contributed by atoms with van der Waals surface area (Å²) in [4.78, 5) is 55.8. The zero-order chi connectivity index (χ0) is 50.8. The zero-order valence-corrected chi connectivity index (χ0v) is 42.7. The zero-order valence-electron chi connectivity index (χ0n) is 41.8. The summed E-state index contributed by atoms with van der Waals surface area (Å²) in [6.07, 6.45) is 30.8. The summed E-state index contributed by atoms with van der Waals surface area (Å²) in [6.45, 7) is 10.9. The number of thioether (sulfide) groups is 1. The van der Waals surface area contributed by atoms with E-state index in [-0.39, 0.29) is 22.8 Å². The molecular weight excluding hydrogens is 891 g/mol. The van der Waals surface area contributed by atoms with Crippen LogP contribution in [0.25, 0.3) is 0 Å². The van der Waals surface area contributed by atoms with Crippen LogP contribution in [-0.4, -0.2) is 61.1 Å². The van der Waals surface area contributed by atoms with Crippen LogP contribution in [0.4, 0.5) is 0 Å². The maximum atomic E-state index is 11.2. The standard InChI is InChI=1S/C23H38O2S.C14H22O2.C12H14O4.C8H5NO2/c1-2-3-4-5-6-7-8-9-10-11-12-13-14-17-20-26-22-19-16-15-18-21(22)23(24)25;1-12-3-10-4-13(2,7-12)9-14(5-10,8-12)6-11(15)16;1-5(2)8-6-3-4-7(8)10(12(15)16)9(6)11(13)14;9-5-6-1-3-7(4-2-6)8(10)11/h15-16,18-19H,2-14,17,20H2,1H3,(H,24,25);10H,3-9H2,1-2H3,(H,15,16);3-4,6-7,9-10H,1-2H3,(H,13,14)(H,15,16);1-4H,(H,10,11). The number of benzene rings is 2. The van der Waals surface area contributed by atoms with E-state index in [0.717, 1.165) is 27.7 Å². The van der Waals surface area contributed by atoms with Gasteiger partial charge in [0.15, 0.2) is 0 Å². The minimum Gasteiger partial charge on any atom is -0.481 e. The molecule has 6 aliphatic carbocycles. The van der Waals surface area contributed by atoms with Crippen molar-refractivity contribution in [3.05, 3.63) is 88.5 Å². The molecule has 0 radical (unpaired) electrons. The molecule has 11 nitrogen and oxygen atoms in total. The van der Waals surface area contributed by atoms with Gasteiger partial charge in [-0.1, -0.05) is 140 Å². The second-order valence-corrected chi connectivity index (χ2v) is 22.7. The Morgan fingerprint density at radius 1 is 0.638 bits per heavy atom. The number of hydrogen-bond donors (Lipinski definition) is 5. The van der Waals surface area contributed by atoms with Gasteiger partial charge >= 0.3 is 29.8 Å². The lowest BCUT2D eigenvalue weighted by molar-refractivity contribution is -0.164. The summed E-state index contributed by atoms with van der Waals surface area (Å²) in [6, 6.07) is 15.0. The number of nitrogens with zero attached hydrogens (tertiary/aromatic N) is 1. The predicted octanol–water partition coefficient (Wildman–Crippen LogP) is 14.2. The molecule has 12 heteroatoms. The number of carboxylic acid groups (broad SMARTS) is 5. The van der Waals surface area contributed by atoms with E-state index < -0.39 is 41.7 Å². The Kier molecular flexibility index (Phi) is 22.1. The maximum Gasteiger partial charge on any atom is 0.336 e. The van der Waals surface area contributed by atoms with Crippen molar-refractivity contribution in [2.24, 2.45) is 45.8 Å². The van der Waals surface area contributed by atoms with Gasteiger partial charge in [0, 0.05) is 16.7 Å². The summed E-state index contributed by atoms with van der Waals surface area (Å²) in [5.41, 5.74) is 4.17. The van der Waals surface area contributed by atoms with E-state index in [1.54, 1.807) is 23.9 Å². The molecule has 5 N–H and O–H groups in total. The van der Waals surface area contributed by atoms with Crippen molar-refractivity contribution in [3.63, 3.8) is 0 Å². The molecule has 0 spiro atoms. The molecule has 378 valence electrons. The summed E-state index contributed by atoms with van der Waals surface area (Å²) in [7, 11) is 0. The van der Waals surface area contributed by atoms with Gasteiger partial charge in [-0.05, 0) is 123 Å². The van der Waals surface area contributed by atoms with Gasteiger partial charge < -0.3 is 25.5 Å². The van der Waals surface area contributed by atoms with Crippen molar-refractivity contribution in [3.8, 4) is 6.07 Å². The minimum atomic E-state index is -1.01. The van der Waals surface area contributed by atoms with Crippen LogP contribution in [0.3, 0.4) is 0 Å². The van der Waals surface area contributed by atoms with Gasteiger partial charge in [-0.25, -0.2) is 9.59 Å². The molecule has 0 aromatic heterocycles. The van der Waals surface area contributed by atoms with Crippen LogP contribution < -0.4 is 0 Å². The number of hydrogen-bond acceptors (Lipinski definition) is 7. The van der Waals surface area contributed by atoms with Crippen LogP contribution in [0.15, 0.2) is 76.7 Å². The summed E-state index contributed by atoms with van der Waals surface area (Å²) in [5.74, 6) is -4.66. The first kappa shape index (κ1) is 56.7. The number of aliphatic carboxylic acids is 3. The van der Waals surface area contributed by atoms with Gasteiger partial charge in [0.1, 0.15) is 0 Å². The van der Waals surface area contributed by atoms with E-state index in [1.807, 2.05) is 44.2 Å². The first-order valence-electron chi connectivity index (χ1n) is 25.5. The van der Waals surface area contributed by atoms with Crippen molar-refractivity contribution < 1.29 is 49.5 Å². The molecule has 0 amide bonds. The lowest BCUT2D eigenvalue weighted by atomic mass is 9.40. The Morgan fingerprint density at radius 3 is 1.52 bits per heavy atom. The van der Waals surface area contributed by atoms with Crippen LogP contribution in [-0.2, 0) is 14.4 Å². The Morgan fingerprint density at radius 2 is 1.12 bits per heavy atom. The summed E-state index contributed by atoms with van der Waals surface area (Å²) >= 11 is 1.68. The molecule has 5 fully saturated rings. The van der Waals surface area contributed by atoms with E-state index >= 15 is 0 Å². The molecule has 69 heavy (non-hydrogen) atoms. The van der Waals surface area contributed by atoms with Gasteiger partial charge in [0.2, 0.25) is 0 Å². The number of nitriles is 1. The second kappa shape index (κ2) is 26.9. The lowest BCUT2D eigenvalue weighted by Crippen LogP contribution is -2.55. The SMILES string of the molecule is CC(C)=C1C2C=CC1C(C(=O)O)C2C(=O)O.CC12CC3CC(C)(C1)CC(CC(=O)O)(C3)C2.CCCCCCCCCCCCCCCCSc1ccccc1C(=O)O.N#Cc1ccc(C(=O)O)cc1. The molecule has 6 aliphatic rings. The molecule has 0 heterocycles. The number of aromatic carboxylic acids is 2. The van der Waals surface area contributed by atoms with E-state index in [9.17, 15) is 29.1 Å². The molecule has 6 atom stereocenters. The molecule has 8 rings (SSSR count). The Bertz CT molecular complexity index is 2100. The van der Waals surface area contributed by atoms with E-state index in [2.05, 4.69) is 20.8 Å². The highest BCUT2D eigenvalue weighted by molar-refractivity contribution is 7.99. The largest absolute Gasteiger partial charge is 0.481 e. The number of unbranched alkanes of at least 4 members (excludes halogenated alkanes) is 13. The molecule has 6 unspecified atom stereocenters. The van der Waals surface area contributed by atoms with Crippen molar-refractivity contribution in [1.29, 1.82) is 5.26 Å². The smallest absolute Gasteiger partial charge is 0.336 e. The van der Waals surface area contributed by atoms with Crippen LogP contribution in [0.2, 0.25) is 0 Å². The van der Waals surface area contributed by atoms with Gasteiger partial charge in [-0.3, -0.25) is 14.4 Å². The molecule has 2 aromatic rings. The average molecular weight is 970 g/mol. The fourth-order valence-corrected chi connectivity index (χ4v) is 14.2. The highest BCUT2D eigenvalue weighted by Gasteiger charge is 2.60. The number of allylic oxidation sites excluding steroid dienone is 4. The minimum absolute atomic E-state index is 0.148. The molecule has 0 saturated heterocycles. The molecular formula is C57H79NO10S. The van der Waals surface area contributed by atoms with Gasteiger partial charge in [-0.2, -0.15) is 5.26 Å². The highest BCUT2D eigenvalue weighted by Crippen LogP contribution is 2.70. The normalized spacial score (nSPS) is 26.3. The Balaban J connectivity index is 0.000000209. The molecule has 6 bridgehead atoms. The van der Waals surface area contributed by atoms with Crippen LogP contribution >= 0.6 is 11.8 Å². The van der Waals surface area contributed by atoms with Crippen molar-refractivity contribution in [1.82, 2.24) is 0 Å². The predicted molar refractivity (Wildman–Crippen MR) is 271 cm³/mol. The Hall–Kier alpha value is -4.89. The van der Waals surface area contributed by atoms with Gasteiger partial charge in [-0.15, -0.1) is 11.8 Å². The van der Waals surface area contributed by atoms with Gasteiger partial charge in [0.25, 0.3) is 0 Å². The number of rotatable bonds is 22. The number of fused-ring (bicyclic) bond motifs is 2. The molecule has 2 aromatic carbocycles. The number of carboxylic acids is 5. The first-order valence-corrected chi connectivity index (χ1v) is 26.5. The van der Waals surface area contributed by atoms with Crippen molar-refractivity contribution >= 4 is 41.6 Å². The Labute approximate surface area is 415 Å². The van der Waals surface area contributed by atoms with Crippen LogP contribution in [0.1, 0.15) is 196 Å². The van der Waals surface area contributed by atoms with Crippen molar-refractivity contribution in [2.45, 2.75) is 174 Å². The third-order valence-corrected chi connectivity index (χ3v) is 16.1. The van der Waals surface area contributed by atoms with E-state index in [0.29, 0.717) is 28.4 Å². The van der Waals surface area contributed by atoms with E-state index in [4.69, 9.17) is 25.7 Å². The van der Waals surface area contributed by atoms with E-state index in [1.165, 1.54) is 153 Å². The molecule has 5 saturated carbocycles.